The second-order valence-corrected chi connectivity index (χ2v) is 8.47. The minimum absolute atomic E-state index is 0. The Kier molecular flexibility index (Phi) is 9.86. The van der Waals surface area contributed by atoms with Gasteiger partial charge in [0.15, 0.2) is 0 Å². The Morgan fingerprint density at radius 1 is 1.16 bits per heavy atom. The molecule has 6 heteroatoms. The monoisotopic (exact) mass is 364 g/mol. The maximum Gasteiger partial charge on any atom is -0.147 e. The van der Waals surface area contributed by atoms with Crippen molar-refractivity contribution in [2.45, 2.75) is 40.0 Å². The second-order valence-electron chi connectivity index (χ2n) is 5.30. The molecule has 0 radical (unpaired) electrons. The molecule has 1 aromatic rings. The average Bonchev–Trinajstić information content (AvgIpc) is 2.15. The van der Waals surface area contributed by atoms with Gasteiger partial charge in [0.05, 0.1) is 0 Å². The first-order chi connectivity index (χ1) is 7.70. The Morgan fingerprint density at radius 2 is 1.68 bits per heavy atom. The molecule has 0 bridgehead atoms. The summed E-state index contributed by atoms with van der Waals surface area (Å²) in [5.74, 6) is 0.543. The van der Waals surface area contributed by atoms with Crippen LogP contribution in [0, 0.1) is 0 Å². The van der Waals surface area contributed by atoms with E-state index in [4.69, 9.17) is 14.9 Å². The number of hydrogen-bond donors (Lipinski definition) is 0. The maximum atomic E-state index is 13.6. The molecule has 0 atom stereocenters. The molecule has 0 amide bonds. The summed E-state index contributed by atoms with van der Waals surface area (Å²) in [5, 5.41) is 0.590. The zero-order chi connectivity index (χ0) is 13.2. The largest absolute Gasteiger partial charge is 0.147 e. The summed E-state index contributed by atoms with van der Waals surface area (Å²) in [4.78, 5) is 0. The molecular weight excluding hydrogens is 345 g/mol. The van der Waals surface area contributed by atoms with Gasteiger partial charge in [-0.1, -0.05) is 0 Å². The average molecular weight is 366 g/mol. The molecule has 0 saturated heterocycles. The summed E-state index contributed by atoms with van der Waals surface area (Å²) < 4.78 is 19.8. The van der Waals surface area contributed by atoms with Crippen molar-refractivity contribution in [3.05, 3.63) is 28.8 Å². The van der Waals surface area contributed by atoms with Crippen molar-refractivity contribution >= 4 is 40.2 Å². The van der Waals surface area contributed by atoms with E-state index in [2.05, 4.69) is 20.8 Å². The molecule has 110 valence electrons. The Bertz CT molecular complexity index is 452. The first kappa shape index (κ1) is 21.7. The Balaban J connectivity index is 0. The third kappa shape index (κ3) is 7.10. The first-order valence-electron chi connectivity index (χ1n) is 5.52. The fourth-order valence-corrected chi connectivity index (χ4v) is 2.31. The summed E-state index contributed by atoms with van der Waals surface area (Å²) in [7, 11) is 0. The Labute approximate surface area is 139 Å². The standard InChI is InChI=1S/C10H13ClO.C3H6.2ClH.FH.Ti/c1-10(2,3)7-4-8(11)6-9(12)5-7;1-3-2;;;;/h4-6,12H,1-3H3;1-2H3;3*1H;/q;;;;;+2/p-2. The number of benzene rings is 1. The summed E-state index contributed by atoms with van der Waals surface area (Å²) in [5.41, 5.74) is 1.03. The maximum absolute atomic E-state index is 13.6. The van der Waals surface area contributed by atoms with E-state index in [1.807, 2.05) is 12.1 Å². The summed E-state index contributed by atoms with van der Waals surface area (Å²) in [6, 6.07) is 5.45. The zero-order valence-corrected chi connectivity index (χ0v) is 15.7. The SMILES string of the molecule is C[C](C)=[Ti]([F])[O]c1cc(Cl)cc(C(C)(C)C)c1.Cl.Cl. The third-order valence-electron chi connectivity index (χ3n) is 2.34. The third-order valence-corrected chi connectivity index (χ3v) is 4.43. The van der Waals surface area contributed by atoms with Crippen LogP contribution in [0.3, 0.4) is 0 Å². The van der Waals surface area contributed by atoms with Gasteiger partial charge in [-0.15, -0.1) is 24.8 Å². The van der Waals surface area contributed by atoms with Gasteiger partial charge in [0, 0.05) is 0 Å². The van der Waals surface area contributed by atoms with Gasteiger partial charge in [0.2, 0.25) is 0 Å². The molecular formula is C13H20Cl3FOTi. The van der Waals surface area contributed by atoms with Crippen LogP contribution in [0.5, 0.6) is 5.75 Å². The van der Waals surface area contributed by atoms with Crippen molar-refractivity contribution in [2.75, 3.05) is 0 Å². The van der Waals surface area contributed by atoms with Crippen molar-refractivity contribution < 1.29 is 24.7 Å². The molecule has 1 rings (SSSR count). The molecule has 0 heterocycles. The van der Waals surface area contributed by atoms with E-state index < -0.39 is 18.3 Å². The molecule has 0 aliphatic carbocycles. The van der Waals surface area contributed by atoms with Crippen LogP contribution >= 0.6 is 36.4 Å². The van der Waals surface area contributed by atoms with Gasteiger partial charge in [-0.05, 0) is 0 Å². The van der Waals surface area contributed by atoms with Crippen molar-refractivity contribution in [3.63, 3.8) is 0 Å². The molecule has 0 fully saturated rings. The normalized spacial score (nSPS) is 10.1. The van der Waals surface area contributed by atoms with E-state index in [0.29, 0.717) is 10.8 Å². The molecule has 0 aromatic heterocycles. The van der Waals surface area contributed by atoms with Crippen LogP contribution in [0.1, 0.15) is 40.2 Å². The van der Waals surface area contributed by atoms with E-state index in [1.165, 1.54) is 0 Å². The van der Waals surface area contributed by atoms with Crippen LogP contribution in [0.15, 0.2) is 18.2 Å². The van der Waals surface area contributed by atoms with Crippen LogP contribution in [0.25, 0.3) is 0 Å². The molecule has 0 aliphatic heterocycles. The molecule has 0 unspecified atom stereocenters. The van der Waals surface area contributed by atoms with Crippen LogP contribution in [-0.2, 0) is 23.7 Å². The van der Waals surface area contributed by atoms with Crippen molar-refractivity contribution in [1.82, 2.24) is 0 Å². The predicted molar refractivity (Wildman–Crippen MR) is 82.7 cm³/mol. The molecule has 19 heavy (non-hydrogen) atoms. The molecule has 1 nitrogen and oxygen atoms in total. The van der Waals surface area contributed by atoms with Gasteiger partial charge < -0.3 is 0 Å². The fourth-order valence-electron chi connectivity index (χ4n) is 1.26. The molecule has 1 aromatic carbocycles. The molecule has 0 saturated carbocycles. The van der Waals surface area contributed by atoms with E-state index in [0.717, 1.165) is 9.37 Å². The van der Waals surface area contributed by atoms with Crippen LogP contribution in [0.2, 0.25) is 5.02 Å². The summed E-state index contributed by atoms with van der Waals surface area (Å²) in [6.07, 6.45) is 0. The number of rotatable bonds is 2. The Hall–Kier alpha value is 0.404. The van der Waals surface area contributed by atoms with Gasteiger partial charge in [0.25, 0.3) is 0 Å². The van der Waals surface area contributed by atoms with Crippen LogP contribution in [-0.4, -0.2) is 3.81 Å². The summed E-state index contributed by atoms with van der Waals surface area (Å²) in [6.45, 7) is 9.81. The van der Waals surface area contributed by atoms with Crippen LogP contribution < -0.4 is 3.32 Å². The van der Waals surface area contributed by atoms with E-state index in [1.54, 1.807) is 19.9 Å². The summed E-state index contributed by atoms with van der Waals surface area (Å²) >= 11 is 3.02. The van der Waals surface area contributed by atoms with E-state index in [9.17, 15) is 3.09 Å². The van der Waals surface area contributed by atoms with Gasteiger partial charge in [-0.25, -0.2) is 0 Å². The molecule has 0 N–H and O–H groups in total. The van der Waals surface area contributed by atoms with Gasteiger partial charge >= 0.3 is 115 Å². The van der Waals surface area contributed by atoms with Crippen LogP contribution in [0.4, 0.5) is 3.09 Å². The van der Waals surface area contributed by atoms with E-state index in [-0.39, 0.29) is 30.2 Å². The van der Waals surface area contributed by atoms with Gasteiger partial charge in [-0.3, -0.25) is 0 Å². The van der Waals surface area contributed by atoms with Crippen molar-refractivity contribution in [1.29, 1.82) is 0 Å². The second kappa shape index (κ2) is 8.64. The van der Waals surface area contributed by atoms with Gasteiger partial charge in [0.1, 0.15) is 0 Å². The minimum atomic E-state index is -3.01. The minimum Gasteiger partial charge on any atom is -0.147 e. The Morgan fingerprint density at radius 3 is 2.11 bits per heavy atom. The number of halogens is 4. The molecule has 0 spiro atoms. The smallest absolute Gasteiger partial charge is 0.147 e. The fraction of sp³-hybridized carbons (Fsp3) is 0.462. The topological polar surface area (TPSA) is 9.23 Å². The van der Waals surface area contributed by atoms with E-state index >= 15 is 0 Å². The zero-order valence-electron chi connectivity index (χ0n) is 11.7. The van der Waals surface area contributed by atoms with Crippen molar-refractivity contribution in [3.8, 4) is 5.75 Å². The first-order valence-corrected chi connectivity index (χ1v) is 7.90. The predicted octanol–water partition coefficient (Wildman–Crippen LogP) is 5.49. The van der Waals surface area contributed by atoms with Gasteiger partial charge in [-0.2, -0.15) is 0 Å². The number of hydrogen-bond acceptors (Lipinski definition) is 1. The van der Waals surface area contributed by atoms with Crippen molar-refractivity contribution in [2.24, 2.45) is 0 Å². The quantitative estimate of drug-likeness (QED) is 0.630. The molecule has 0 aliphatic rings.